The third-order valence-corrected chi connectivity index (χ3v) is 5.73. The van der Waals surface area contributed by atoms with Crippen molar-refractivity contribution >= 4 is 5.91 Å². The molecule has 3 atom stereocenters. The molecule has 1 aromatic rings. The first-order valence-electron chi connectivity index (χ1n) is 9.51. The second kappa shape index (κ2) is 7.67. The van der Waals surface area contributed by atoms with Crippen molar-refractivity contribution in [3.05, 3.63) is 42.2 Å². The fourth-order valence-electron chi connectivity index (χ4n) is 4.40. The Balaban J connectivity index is 1.44. The highest BCUT2D eigenvalue weighted by atomic mass is 16.5. The average molecular weight is 341 g/mol. The summed E-state index contributed by atoms with van der Waals surface area (Å²) in [4.78, 5) is 21.6. The van der Waals surface area contributed by atoms with Crippen LogP contribution in [0.3, 0.4) is 0 Å². The van der Waals surface area contributed by atoms with Gasteiger partial charge in [-0.3, -0.25) is 9.78 Å². The summed E-state index contributed by atoms with van der Waals surface area (Å²) in [6.45, 7) is 4.46. The molecule has 5 heteroatoms. The van der Waals surface area contributed by atoms with Gasteiger partial charge in [-0.05, 0) is 43.7 Å². The number of allylic oxidation sites excluding steroid dienone is 2. The van der Waals surface area contributed by atoms with Gasteiger partial charge in [0.2, 0.25) is 0 Å². The van der Waals surface area contributed by atoms with Gasteiger partial charge in [0.25, 0.3) is 5.91 Å². The number of carbonyl (C=O) groups excluding carboxylic acids is 1. The van der Waals surface area contributed by atoms with E-state index in [0.29, 0.717) is 18.7 Å². The number of hydrogen-bond acceptors (Lipinski definition) is 4. The van der Waals surface area contributed by atoms with Gasteiger partial charge in [-0.1, -0.05) is 12.2 Å². The SMILES string of the molecule is O=C(c1cccnc1)N1CCO[C@@H]2CCN(CC3CC=CCC3)C[C@H]21. The summed E-state index contributed by atoms with van der Waals surface area (Å²) in [7, 11) is 0. The maximum atomic E-state index is 13.0. The van der Waals surface area contributed by atoms with E-state index < -0.39 is 0 Å². The van der Waals surface area contributed by atoms with Crippen molar-refractivity contribution in [1.82, 2.24) is 14.8 Å². The second-order valence-corrected chi connectivity index (χ2v) is 7.42. The summed E-state index contributed by atoms with van der Waals surface area (Å²) in [5.74, 6) is 0.849. The van der Waals surface area contributed by atoms with Crippen LogP contribution in [0.15, 0.2) is 36.7 Å². The first kappa shape index (κ1) is 16.7. The number of piperidine rings is 1. The molecule has 2 fully saturated rings. The third-order valence-electron chi connectivity index (χ3n) is 5.73. The molecule has 1 amide bonds. The lowest BCUT2D eigenvalue weighted by Crippen LogP contribution is -2.61. The zero-order valence-corrected chi connectivity index (χ0v) is 14.7. The molecule has 3 heterocycles. The molecular formula is C20H27N3O2. The van der Waals surface area contributed by atoms with Crippen LogP contribution in [0.2, 0.25) is 0 Å². The van der Waals surface area contributed by atoms with Crippen LogP contribution in [0.1, 0.15) is 36.0 Å². The third kappa shape index (κ3) is 3.77. The van der Waals surface area contributed by atoms with Gasteiger partial charge in [0.15, 0.2) is 0 Å². The maximum Gasteiger partial charge on any atom is 0.255 e. The van der Waals surface area contributed by atoms with Crippen LogP contribution in [-0.4, -0.2) is 65.6 Å². The number of amides is 1. The van der Waals surface area contributed by atoms with Gasteiger partial charge in [0.05, 0.1) is 24.3 Å². The molecule has 0 bridgehead atoms. The number of morpholine rings is 1. The van der Waals surface area contributed by atoms with Gasteiger partial charge in [-0.15, -0.1) is 0 Å². The molecule has 3 aliphatic rings. The summed E-state index contributed by atoms with van der Waals surface area (Å²) in [6, 6.07) is 3.85. The van der Waals surface area contributed by atoms with E-state index in [9.17, 15) is 4.79 Å². The maximum absolute atomic E-state index is 13.0. The van der Waals surface area contributed by atoms with E-state index in [1.807, 2.05) is 17.0 Å². The lowest BCUT2D eigenvalue weighted by atomic mass is 9.91. The standard InChI is InChI=1S/C20H27N3O2/c24-20(17-7-4-9-21-13-17)23-11-12-25-19-8-10-22(15-18(19)23)14-16-5-2-1-3-6-16/h1-2,4,7,9,13,16,18-19H,3,5-6,8,10-12,14-15H2/t16?,18-,19-/m1/s1. The smallest absolute Gasteiger partial charge is 0.255 e. The van der Waals surface area contributed by atoms with Crippen LogP contribution >= 0.6 is 0 Å². The molecule has 5 nitrogen and oxygen atoms in total. The van der Waals surface area contributed by atoms with E-state index in [-0.39, 0.29) is 18.1 Å². The minimum absolute atomic E-state index is 0.0915. The number of fused-ring (bicyclic) bond motifs is 1. The molecule has 0 spiro atoms. The number of ether oxygens (including phenoxy) is 1. The highest BCUT2D eigenvalue weighted by molar-refractivity contribution is 5.94. The average Bonchev–Trinajstić information content (AvgIpc) is 2.68. The van der Waals surface area contributed by atoms with Crippen LogP contribution in [0.4, 0.5) is 0 Å². The number of hydrogen-bond donors (Lipinski definition) is 0. The predicted octanol–water partition coefficient (Wildman–Crippen LogP) is 2.35. The first-order valence-corrected chi connectivity index (χ1v) is 9.51. The molecule has 1 aliphatic carbocycles. The summed E-state index contributed by atoms with van der Waals surface area (Å²) >= 11 is 0. The highest BCUT2D eigenvalue weighted by Crippen LogP contribution is 2.27. The van der Waals surface area contributed by atoms with Crippen LogP contribution in [0.5, 0.6) is 0 Å². The number of rotatable bonds is 3. The predicted molar refractivity (Wildman–Crippen MR) is 96.3 cm³/mol. The van der Waals surface area contributed by atoms with Crippen LogP contribution in [-0.2, 0) is 4.74 Å². The Labute approximate surface area is 149 Å². The zero-order chi connectivity index (χ0) is 17.1. The van der Waals surface area contributed by atoms with E-state index >= 15 is 0 Å². The number of pyridine rings is 1. The molecule has 2 saturated heterocycles. The van der Waals surface area contributed by atoms with Crippen molar-refractivity contribution in [3.8, 4) is 0 Å². The van der Waals surface area contributed by atoms with E-state index in [1.54, 1.807) is 12.4 Å². The van der Waals surface area contributed by atoms with E-state index in [0.717, 1.165) is 32.0 Å². The van der Waals surface area contributed by atoms with Crippen molar-refractivity contribution in [2.75, 3.05) is 32.8 Å². The molecule has 25 heavy (non-hydrogen) atoms. The Kier molecular flexibility index (Phi) is 5.13. The molecule has 1 unspecified atom stereocenters. The van der Waals surface area contributed by atoms with E-state index in [4.69, 9.17) is 4.74 Å². The van der Waals surface area contributed by atoms with Crippen molar-refractivity contribution in [3.63, 3.8) is 0 Å². The van der Waals surface area contributed by atoms with Gasteiger partial charge in [0, 0.05) is 38.6 Å². The van der Waals surface area contributed by atoms with Crippen LogP contribution in [0.25, 0.3) is 0 Å². The molecule has 0 radical (unpaired) electrons. The fraction of sp³-hybridized carbons (Fsp3) is 0.600. The van der Waals surface area contributed by atoms with Crippen molar-refractivity contribution in [2.45, 2.75) is 37.8 Å². The molecule has 2 aliphatic heterocycles. The number of aromatic nitrogens is 1. The van der Waals surface area contributed by atoms with Crippen molar-refractivity contribution in [2.24, 2.45) is 5.92 Å². The Bertz CT molecular complexity index is 619. The van der Waals surface area contributed by atoms with Crippen molar-refractivity contribution < 1.29 is 9.53 Å². The molecule has 1 aromatic heterocycles. The second-order valence-electron chi connectivity index (χ2n) is 7.42. The number of nitrogens with zero attached hydrogens (tertiary/aromatic N) is 3. The highest BCUT2D eigenvalue weighted by Gasteiger charge is 2.39. The van der Waals surface area contributed by atoms with E-state index in [1.165, 1.54) is 19.3 Å². The van der Waals surface area contributed by atoms with Gasteiger partial charge in [0.1, 0.15) is 0 Å². The topological polar surface area (TPSA) is 45.7 Å². The Morgan fingerprint density at radius 1 is 1.28 bits per heavy atom. The Morgan fingerprint density at radius 2 is 2.24 bits per heavy atom. The summed E-state index contributed by atoms with van der Waals surface area (Å²) in [5, 5.41) is 0. The number of likely N-dealkylation sites (tertiary alicyclic amines) is 1. The van der Waals surface area contributed by atoms with E-state index in [2.05, 4.69) is 22.0 Å². The lowest BCUT2D eigenvalue weighted by molar-refractivity contribution is -0.0918. The molecular weight excluding hydrogens is 314 g/mol. The van der Waals surface area contributed by atoms with Gasteiger partial charge in [-0.2, -0.15) is 0 Å². The largest absolute Gasteiger partial charge is 0.374 e. The van der Waals surface area contributed by atoms with Gasteiger partial charge in [-0.25, -0.2) is 0 Å². The minimum atomic E-state index is 0.0915. The van der Waals surface area contributed by atoms with Gasteiger partial charge < -0.3 is 14.5 Å². The molecule has 0 aromatic carbocycles. The van der Waals surface area contributed by atoms with Crippen LogP contribution < -0.4 is 0 Å². The number of carbonyl (C=O) groups is 1. The zero-order valence-electron chi connectivity index (χ0n) is 14.7. The Morgan fingerprint density at radius 3 is 3.04 bits per heavy atom. The summed E-state index contributed by atoms with van der Waals surface area (Å²) in [5.41, 5.74) is 0.678. The van der Waals surface area contributed by atoms with Gasteiger partial charge >= 0.3 is 0 Å². The van der Waals surface area contributed by atoms with Crippen LogP contribution in [0, 0.1) is 5.92 Å². The molecule has 0 N–H and O–H groups in total. The quantitative estimate of drug-likeness (QED) is 0.792. The molecule has 134 valence electrons. The first-order chi connectivity index (χ1) is 12.3. The summed E-state index contributed by atoms with van der Waals surface area (Å²) < 4.78 is 5.99. The minimum Gasteiger partial charge on any atom is -0.374 e. The molecule has 0 saturated carbocycles. The Hall–Kier alpha value is -1.72. The summed E-state index contributed by atoms with van der Waals surface area (Å²) in [6.07, 6.45) is 12.9. The monoisotopic (exact) mass is 341 g/mol. The lowest BCUT2D eigenvalue weighted by Gasteiger charge is -2.47. The fourth-order valence-corrected chi connectivity index (χ4v) is 4.40. The molecule has 4 rings (SSSR count). The van der Waals surface area contributed by atoms with Crippen molar-refractivity contribution in [1.29, 1.82) is 0 Å². The normalized spacial score (nSPS) is 30.1.